The van der Waals surface area contributed by atoms with Crippen LogP contribution in [0.3, 0.4) is 0 Å². The molecular formula is C26H23ClN2O. The maximum atomic E-state index is 13.4. The molecule has 4 aromatic rings. The van der Waals surface area contributed by atoms with Gasteiger partial charge in [-0.3, -0.25) is 4.79 Å². The van der Waals surface area contributed by atoms with E-state index in [4.69, 9.17) is 16.6 Å². The number of carbonyl (C=O) groups excluding carboxylic acids is 1. The highest BCUT2D eigenvalue weighted by atomic mass is 35.5. The number of rotatable bonds is 4. The molecule has 1 heterocycles. The second-order valence-corrected chi connectivity index (χ2v) is 8.05. The van der Waals surface area contributed by atoms with E-state index in [-0.39, 0.29) is 5.91 Å². The van der Waals surface area contributed by atoms with Crippen molar-refractivity contribution < 1.29 is 4.79 Å². The van der Waals surface area contributed by atoms with Crippen LogP contribution in [-0.4, -0.2) is 10.9 Å². The van der Waals surface area contributed by atoms with Crippen LogP contribution in [0.4, 0.5) is 0 Å². The van der Waals surface area contributed by atoms with Crippen LogP contribution in [0, 0.1) is 20.8 Å². The molecule has 0 fully saturated rings. The molecule has 0 saturated heterocycles. The van der Waals surface area contributed by atoms with E-state index in [0.717, 1.165) is 44.4 Å². The topological polar surface area (TPSA) is 42.0 Å². The van der Waals surface area contributed by atoms with Gasteiger partial charge in [-0.15, -0.1) is 0 Å². The second-order valence-electron chi connectivity index (χ2n) is 7.62. The van der Waals surface area contributed by atoms with Gasteiger partial charge in [-0.25, -0.2) is 4.98 Å². The molecule has 0 bridgehead atoms. The average Bonchev–Trinajstić information content (AvgIpc) is 2.72. The highest BCUT2D eigenvalue weighted by molar-refractivity contribution is 6.30. The number of pyridine rings is 1. The maximum absolute atomic E-state index is 13.4. The van der Waals surface area contributed by atoms with Crippen LogP contribution >= 0.6 is 11.6 Å². The normalized spacial score (nSPS) is 10.9. The number of nitrogens with one attached hydrogen (secondary N) is 1. The Balaban J connectivity index is 1.87. The third kappa shape index (κ3) is 3.94. The van der Waals surface area contributed by atoms with Crippen molar-refractivity contribution in [2.45, 2.75) is 27.3 Å². The van der Waals surface area contributed by atoms with Crippen molar-refractivity contribution in [1.29, 1.82) is 0 Å². The van der Waals surface area contributed by atoms with Crippen LogP contribution in [-0.2, 0) is 6.54 Å². The first kappa shape index (κ1) is 20.1. The minimum atomic E-state index is -0.1000. The van der Waals surface area contributed by atoms with E-state index < -0.39 is 0 Å². The van der Waals surface area contributed by atoms with Crippen molar-refractivity contribution in [3.63, 3.8) is 0 Å². The Bertz CT molecular complexity index is 1250. The highest BCUT2D eigenvalue weighted by Gasteiger charge is 2.20. The van der Waals surface area contributed by atoms with Gasteiger partial charge >= 0.3 is 0 Å². The molecule has 0 aliphatic heterocycles. The van der Waals surface area contributed by atoms with Crippen LogP contribution < -0.4 is 5.32 Å². The van der Waals surface area contributed by atoms with Crippen LogP contribution in [0.15, 0.2) is 66.7 Å². The Hall–Kier alpha value is -3.17. The summed E-state index contributed by atoms with van der Waals surface area (Å²) in [4.78, 5) is 18.3. The summed E-state index contributed by atoms with van der Waals surface area (Å²) in [7, 11) is 0. The van der Waals surface area contributed by atoms with Crippen LogP contribution in [0.2, 0.25) is 5.02 Å². The molecule has 3 nitrogen and oxygen atoms in total. The van der Waals surface area contributed by atoms with Gasteiger partial charge < -0.3 is 5.32 Å². The van der Waals surface area contributed by atoms with Crippen molar-refractivity contribution in [1.82, 2.24) is 10.3 Å². The molecule has 1 amide bonds. The van der Waals surface area contributed by atoms with Gasteiger partial charge in [0.1, 0.15) is 0 Å². The predicted molar refractivity (Wildman–Crippen MR) is 124 cm³/mol. The minimum Gasteiger partial charge on any atom is -0.348 e. The zero-order valence-corrected chi connectivity index (χ0v) is 18.0. The number of aromatic nitrogens is 1. The summed E-state index contributed by atoms with van der Waals surface area (Å²) < 4.78 is 0. The number of fused-ring (bicyclic) bond motifs is 1. The fraction of sp³-hybridized carbons (Fsp3) is 0.154. The van der Waals surface area contributed by atoms with Gasteiger partial charge in [-0.05, 0) is 55.7 Å². The molecule has 0 atom stereocenters. The van der Waals surface area contributed by atoms with Gasteiger partial charge in [-0.1, -0.05) is 65.7 Å². The fourth-order valence-corrected chi connectivity index (χ4v) is 4.08. The molecule has 1 N–H and O–H groups in total. The van der Waals surface area contributed by atoms with E-state index in [2.05, 4.69) is 11.4 Å². The van der Waals surface area contributed by atoms with Crippen molar-refractivity contribution >= 4 is 28.4 Å². The van der Waals surface area contributed by atoms with E-state index in [1.807, 2.05) is 81.4 Å². The number of halogens is 1. The Morgan fingerprint density at radius 1 is 0.967 bits per heavy atom. The quantitative estimate of drug-likeness (QED) is 0.419. The molecule has 0 radical (unpaired) electrons. The highest BCUT2D eigenvalue weighted by Crippen LogP contribution is 2.32. The van der Waals surface area contributed by atoms with Crippen LogP contribution in [0.25, 0.3) is 22.2 Å². The Labute approximate surface area is 181 Å². The second kappa shape index (κ2) is 8.29. The summed E-state index contributed by atoms with van der Waals surface area (Å²) in [5.41, 5.74) is 7.24. The molecule has 4 heteroatoms. The molecule has 0 unspecified atom stereocenters. The number of aryl methyl sites for hydroxylation is 2. The van der Waals surface area contributed by atoms with Gasteiger partial charge in [0.2, 0.25) is 0 Å². The summed E-state index contributed by atoms with van der Waals surface area (Å²) in [6, 6.07) is 21.7. The molecule has 3 aromatic carbocycles. The molecule has 0 spiro atoms. The van der Waals surface area contributed by atoms with Crippen LogP contribution in [0.5, 0.6) is 0 Å². The number of hydrogen-bond donors (Lipinski definition) is 1. The minimum absolute atomic E-state index is 0.1000. The molecule has 1 aromatic heterocycles. The fourth-order valence-electron chi connectivity index (χ4n) is 3.89. The summed E-state index contributed by atoms with van der Waals surface area (Å²) in [5.74, 6) is -0.1000. The Morgan fingerprint density at radius 3 is 2.47 bits per heavy atom. The predicted octanol–water partition coefficient (Wildman–Crippen LogP) is 6.41. The van der Waals surface area contributed by atoms with E-state index in [1.165, 1.54) is 0 Å². The number of nitrogens with zero attached hydrogens (tertiary/aromatic N) is 1. The lowest BCUT2D eigenvalue weighted by Gasteiger charge is -2.17. The molecule has 150 valence electrons. The summed E-state index contributed by atoms with van der Waals surface area (Å²) >= 11 is 6.23. The van der Waals surface area contributed by atoms with E-state index in [1.54, 1.807) is 0 Å². The van der Waals surface area contributed by atoms with Crippen molar-refractivity contribution in [2.24, 2.45) is 0 Å². The number of benzene rings is 3. The molecule has 0 saturated carbocycles. The molecule has 4 rings (SSSR count). The lowest BCUT2D eigenvalue weighted by Crippen LogP contribution is -2.24. The third-order valence-corrected chi connectivity index (χ3v) is 5.52. The first-order valence-electron chi connectivity index (χ1n) is 9.93. The first-order valence-corrected chi connectivity index (χ1v) is 10.3. The lowest BCUT2D eigenvalue weighted by atomic mass is 9.94. The zero-order chi connectivity index (χ0) is 21.3. The SMILES string of the molecule is Cc1cc(C)c2nc(-c3cccc(Cl)c3)c(C)c(C(=O)NCc3ccccc3)c2c1. The third-order valence-electron chi connectivity index (χ3n) is 5.29. The Morgan fingerprint density at radius 2 is 1.73 bits per heavy atom. The van der Waals surface area contributed by atoms with Crippen molar-refractivity contribution in [3.05, 3.63) is 99.6 Å². The van der Waals surface area contributed by atoms with Gasteiger partial charge in [0.15, 0.2) is 0 Å². The van der Waals surface area contributed by atoms with Crippen LogP contribution in [0.1, 0.15) is 32.6 Å². The lowest BCUT2D eigenvalue weighted by molar-refractivity contribution is 0.0952. The summed E-state index contributed by atoms with van der Waals surface area (Å²) in [5, 5.41) is 4.60. The van der Waals surface area contributed by atoms with Gasteiger partial charge in [-0.2, -0.15) is 0 Å². The molecule has 0 aliphatic rings. The number of amides is 1. The van der Waals surface area contributed by atoms with Crippen molar-refractivity contribution in [2.75, 3.05) is 0 Å². The van der Waals surface area contributed by atoms with E-state index in [9.17, 15) is 4.79 Å². The van der Waals surface area contributed by atoms with E-state index >= 15 is 0 Å². The number of hydrogen-bond acceptors (Lipinski definition) is 2. The summed E-state index contributed by atoms with van der Waals surface area (Å²) in [6.07, 6.45) is 0. The molecular weight excluding hydrogens is 392 g/mol. The smallest absolute Gasteiger partial charge is 0.252 e. The monoisotopic (exact) mass is 414 g/mol. The maximum Gasteiger partial charge on any atom is 0.252 e. The van der Waals surface area contributed by atoms with Crippen molar-refractivity contribution in [3.8, 4) is 11.3 Å². The van der Waals surface area contributed by atoms with E-state index in [0.29, 0.717) is 17.1 Å². The first-order chi connectivity index (χ1) is 14.4. The Kier molecular flexibility index (Phi) is 5.56. The standard InChI is InChI=1S/C26H23ClN2O/c1-16-12-17(2)24-22(13-16)23(26(30)28-15-19-8-5-4-6-9-19)18(3)25(29-24)20-10-7-11-21(27)14-20/h4-14H,15H2,1-3H3,(H,28,30). The van der Waals surface area contributed by atoms with Gasteiger partial charge in [0.05, 0.1) is 16.8 Å². The summed E-state index contributed by atoms with van der Waals surface area (Å²) in [6.45, 7) is 6.50. The van der Waals surface area contributed by atoms with Gasteiger partial charge in [0, 0.05) is 22.5 Å². The molecule has 30 heavy (non-hydrogen) atoms. The van der Waals surface area contributed by atoms with Gasteiger partial charge in [0.25, 0.3) is 5.91 Å². The average molecular weight is 415 g/mol. The molecule has 0 aliphatic carbocycles. The number of carbonyl (C=O) groups is 1. The largest absolute Gasteiger partial charge is 0.348 e. The zero-order valence-electron chi connectivity index (χ0n) is 17.3.